The molecule has 0 atom stereocenters. The minimum Gasteiger partial charge on any atom is -0.370 e. The predicted octanol–water partition coefficient (Wildman–Crippen LogP) is 4.76. The lowest BCUT2D eigenvalue weighted by atomic mass is 9.99. The van der Waals surface area contributed by atoms with E-state index in [0.717, 1.165) is 73.5 Å². The van der Waals surface area contributed by atoms with Crippen molar-refractivity contribution < 1.29 is 0 Å². The Labute approximate surface area is 168 Å². The lowest BCUT2D eigenvalue weighted by molar-refractivity contribution is 0.316. The number of benzene rings is 1. The van der Waals surface area contributed by atoms with Crippen LogP contribution in [-0.2, 0) is 6.42 Å². The van der Waals surface area contributed by atoms with Crippen LogP contribution < -0.4 is 5.32 Å². The zero-order valence-electron chi connectivity index (χ0n) is 17.5. The van der Waals surface area contributed by atoms with Crippen LogP contribution in [0.1, 0.15) is 50.3 Å². The van der Waals surface area contributed by atoms with E-state index in [9.17, 15) is 5.26 Å². The van der Waals surface area contributed by atoms with Gasteiger partial charge in [0.25, 0.3) is 0 Å². The third kappa shape index (κ3) is 3.70. The molecule has 5 nitrogen and oxygen atoms in total. The van der Waals surface area contributed by atoms with Crippen molar-refractivity contribution in [1.82, 2.24) is 14.3 Å². The summed E-state index contributed by atoms with van der Waals surface area (Å²) in [7, 11) is 0. The van der Waals surface area contributed by atoms with Gasteiger partial charge in [-0.15, -0.1) is 0 Å². The Morgan fingerprint density at radius 2 is 1.93 bits per heavy atom. The third-order valence-electron chi connectivity index (χ3n) is 5.63. The fourth-order valence-electron chi connectivity index (χ4n) is 3.90. The van der Waals surface area contributed by atoms with Gasteiger partial charge in [-0.25, -0.2) is 4.98 Å². The second-order valence-corrected chi connectivity index (χ2v) is 7.26. The highest BCUT2D eigenvalue weighted by Gasteiger charge is 2.20. The Hall–Kier alpha value is -2.58. The second-order valence-electron chi connectivity index (χ2n) is 7.26. The van der Waals surface area contributed by atoms with Crippen molar-refractivity contribution >= 4 is 22.5 Å². The number of unbranched alkanes of at least 4 members (excludes halogenated alkanes) is 1. The van der Waals surface area contributed by atoms with Gasteiger partial charge in [0.15, 0.2) is 5.65 Å². The predicted molar refractivity (Wildman–Crippen MR) is 117 cm³/mol. The summed E-state index contributed by atoms with van der Waals surface area (Å²) in [6.45, 7) is 12.6. The topological polar surface area (TPSA) is 56.4 Å². The summed E-state index contributed by atoms with van der Waals surface area (Å²) in [5.74, 6) is 1.10. The van der Waals surface area contributed by atoms with Gasteiger partial charge in [-0.3, -0.25) is 4.40 Å². The van der Waals surface area contributed by atoms with Gasteiger partial charge in [-0.2, -0.15) is 5.26 Å². The number of aromatic nitrogens is 2. The Kier molecular flexibility index (Phi) is 6.53. The zero-order valence-corrected chi connectivity index (χ0v) is 17.5. The van der Waals surface area contributed by atoms with Crippen molar-refractivity contribution in [3.63, 3.8) is 0 Å². The lowest BCUT2D eigenvalue weighted by Gasteiger charge is -2.22. The van der Waals surface area contributed by atoms with Crippen molar-refractivity contribution in [2.45, 2.75) is 47.0 Å². The molecular formula is C23H31N5. The molecule has 1 N–H and O–H groups in total. The van der Waals surface area contributed by atoms with E-state index in [0.29, 0.717) is 5.56 Å². The number of nitrogens with one attached hydrogen (secondary N) is 1. The van der Waals surface area contributed by atoms with Gasteiger partial charge in [0.05, 0.1) is 16.6 Å². The Morgan fingerprint density at radius 3 is 2.61 bits per heavy atom. The molecule has 0 radical (unpaired) electrons. The molecule has 0 bridgehead atoms. The maximum absolute atomic E-state index is 9.86. The van der Waals surface area contributed by atoms with E-state index in [1.54, 1.807) is 0 Å². The van der Waals surface area contributed by atoms with Gasteiger partial charge in [0, 0.05) is 13.1 Å². The van der Waals surface area contributed by atoms with Crippen LogP contribution in [0.5, 0.6) is 0 Å². The molecule has 5 heteroatoms. The number of fused-ring (bicyclic) bond motifs is 3. The molecule has 2 aromatic heterocycles. The van der Waals surface area contributed by atoms with Crippen LogP contribution in [0.15, 0.2) is 24.3 Å². The smallest absolute Gasteiger partial charge is 0.157 e. The summed E-state index contributed by atoms with van der Waals surface area (Å²) in [5, 5.41) is 13.6. The van der Waals surface area contributed by atoms with Crippen LogP contribution in [0, 0.1) is 18.3 Å². The van der Waals surface area contributed by atoms with Gasteiger partial charge < -0.3 is 10.2 Å². The van der Waals surface area contributed by atoms with E-state index >= 15 is 0 Å². The molecule has 0 aliphatic carbocycles. The van der Waals surface area contributed by atoms with Crippen molar-refractivity contribution in [1.29, 1.82) is 5.26 Å². The zero-order chi connectivity index (χ0) is 20.1. The van der Waals surface area contributed by atoms with Gasteiger partial charge in [0.2, 0.25) is 0 Å². The minimum absolute atomic E-state index is 0.691. The Bertz CT molecular complexity index is 992. The molecule has 0 amide bonds. The van der Waals surface area contributed by atoms with Crippen LogP contribution in [0.4, 0.5) is 5.82 Å². The SMILES string of the molecule is CCCCc1c(C)c(C#N)c2nc3ccccc3n2c1NCCN(CC)CC. The Balaban J connectivity index is 2.17. The molecule has 0 spiro atoms. The van der Waals surface area contributed by atoms with E-state index in [-0.39, 0.29) is 0 Å². The monoisotopic (exact) mass is 377 g/mol. The fourth-order valence-corrected chi connectivity index (χ4v) is 3.90. The molecule has 0 saturated heterocycles. The van der Waals surface area contributed by atoms with E-state index < -0.39 is 0 Å². The van der Waals surface area contributed by atoms with E-state index in [1.807, 2.05) is 18.2 Å². The molecule has 0 unspecified atom stereocenters. The summed E-state index contributed by atoms with van der Waals surface area (Å²) in [6, 6.07) is 10.6. The molecule has 0 fully saturated rings. The first-order chi connectivity index (χ1) is 13.7. The normalized spacial score (nSPS) is 11.4. The number of pyridine rings is 1. The van der Waals surface area contributed by atoms with Crippen LogP contribution in [0.2, 0.25) is 0 Å². The molecule has 3 aromatic rings. The van der Waals surface area contributed by atoms with Gasteiger partial charge in [-0.05, 0) is 56.1 Å². The summed E-state index contributed by atoms with van der Waals surface area (Å²) in [5.41, 5.74) is 5.73. The number of nitriles is 1. The molecule has 0 saturated carbocycles. The van der Waals surface area contributed by atoms with Gasteiger partial charge in [-0.1, -0.05) is 39.3 Å². The Morgan fingerprint density at radius 1 is 1.18 bits per heavy atom. The average Bonchev–Trinajstić information content (AvgIpc) is 3.09. The molecule has 0 aliphatic rings. The minimum atomic E-state index is 0.691. The highest BCUT2D eigenvalue weighted by Crippen LogP contribution is 2.31. The van der Waals surface area contributed by atoms with Crippen molar-refractivity contribution in [2.75, 3.05) is 31.5 Å². The van der Waals surface area contributed by atoms with Crippen molar-refractivity contribution in [3.05, 3.63) is 41.0 Å². The lowest BCUT2D eigenvalue weighted by Crippen LogP contribution is -2.29. The first-order valence-electron chi connectivity index (χ1n) is 10.4. The molecule has 1 aromatic carbocycles. The quantitative estimate of drug-likeness (QED) is 0.584. The molecule has 2 heterocycles. The van der Waals surface area contributed by atoms with Crippen LogP contribution in [0.3, 0.4) is 0 Å². The maximum Gasteiger partial charge on any atom is 0.157 e. The van der Waals surface area contributed by atoms with Crippen LogP contribution in [0.25, 0.3) is 16.7 Å². The number of imidazole rings is 1. The summed E-state index contributed by atoms with van der Waals surface area (Å²) < 4.78 is 2.16. The summed E-state index contributed by atoms with van der Waals surface area (Å²) >= 11 is 0. The highest BCUT2D eigenvalue weighted by molar-refractivity contribution is 5.86. The second kappa shape index (κ2) is 9.07. The number of hydrogen-bond acceptors (Lipinski definition) is 4. The molecule has 0 aliphatic heterocycles. The highest BCUT2D eigenvalue weighted by atomic mass is 15.2. The average molecular weight is 378 g/mol. The van der Waals surface area contributed by atoms with Gasteiger partial charge >= 0.3 is 0 Å². The van der Waals surface area contributed by atoms with Crippen molar-refractivity contribution in [3.8, 4) is 6.07 Å². The first-order valence-corrected chi connectivity index (χ1v) is 10.4. The fraction of sp³-hybridized carbons (Fsp3) is 0.478. The molecule has 148 valence electrons. The summed E-state index contributed by atoms with van der Waals surface area (Å²) in [6.07, 6.45) is 3.20. The number of anilines is 1. The summed E-state index contributed by atoms with van der Waals surface area (Å²) in [4.78, 5) is 7.21. The first kappa shape index (κ1) is 20.2. The van der Waals surface area contributed by atoms with Crippen molar-refractivity contribution in [2.24, 2.45) is 0 Å². The number of hydrogen-bond donors (Lipinski definition) is 1. The number of nitrogens with zero attached hydrogens (tertiary/aromatic N) is 4. The third-order valence-corrected chi connectivity index (χ3v) is 5.63. The number of rotatable bonds is 9. The standard InChI is InChI=1S/C23H31N5/c1-5-8-11-18-17(4)19(16-24)23-26-20-12-9-10-13-21(20)28(23)22(18)25-14-15-27(6-2)7-3/h9-10,12-13,25H,5-8,11,14-15H2,1-4H3. The number of para-hydroxylation sites is 2. The van der Waals surface area contributed by atoms with E-state index in [4.69, 9.17) is 4.98 Å². The molecular weight excluding hydrogens is 346 g/mol. The van der Waals surface area contributed by atoms with Crippen LogP contribution in [-0.4, -0.2) is 40.5 Å². The van der Waals surface area contributed by atoms with Crippen LogP contribution >= 0.6 is 0 Å². The molecule has 28 heavy (non-hydrogen) atoms. The van der Waals surface area contributed by atoms with Gasteiger partial charge in [0.1, 0.15) is 11.9 Å². The molecule has 3 rings (SSSR count). The van der Waals surface area contributed by atoms with E-state index in [2.05, 4.69) is 54.4 Å². The maximum atomic E-state index is 9.86. The largest absolute Gasteiger partial charge is 0.370 e. The number of likely N-dealkylation sites (N-methyl/N-ethyl adjacent to an activating group) is 1. The van der Waals surface area contributed by atoms with E-state index in [1.165, 1.54) is 5.56 Å².